The fraction of sp³-hybridized carbons (Fsp3) is 0.250. The molecule has 0 unspecified atom stereocenters. The van der Waals surface area contributed by atoms with Crippen LogP contribution in [-0.2, 0) is 13.0 Å². The van der Waals surface area contributed by atoms with Gasteiger partial charge in [-0.15, -0.1) is 11.3 Å². The molecule has 6 heteroatoms. The van der Waals surface area contributed by atoms with Gasteiger partial charge >= 0.3 is 0 Å². The number of rotatable bonds is 4. The Morgan fingerprint density at radius 2 is 2.28 bits per heavy atom. The lowest BCUT2D eigenvalue weighted by Crippen LogP contribution is -2.25. The number of carbonyl (C=O) groups excluding carboxylic acids is 1. The molecule has 0 bridgehead atoms. The summed E-state index contributed by atoms with van der Waals surface area (Å²) in [4.78, 5) is 23.7. The fourth-order valence-electron chi connectivity index (χ4n) is 1.56. The average molecular weight is 263 g/mol. The van der Waals surface area contributed by atoms with Crippen LogP contribution in [0.4, 0.5) is 0 Å². The second-order valence-electron chi connectivity index (χ2n) is 3.71. The SMILES string of the molecule is CCc1ccsc1CNC(=O)c1ccc(=O)[nH]n1. The van der Waals surface area contributed by atoms with Crippen molar-refractivity contribution in [1.82, 2.24) is 15.5 Å². The van der Waals surface area contributed by atoms with Crippen molar-refractivity contribution in [1.29, 1.82) is 0 Å². The van der Waals surface area contributed by atoms with Crippen LogP contribution < -0.4 is 10.9 Å². The predicted molar refractivity (Wildman–Crippen MR) is 69.7 cm³/mol. The van der Waals surface area contributed by atoms with Gasteiger partial charge in [0.25, 0.3) is 11.5 Å². The third kappa shape index (κ3) is 2.84. The Kier molecular flexibility index (Phi) is 3.88. The van der Waals surface area contributed by atoms with Gasteiger partial charge in [-0.1, -0.05) is 6.92 Å². The lowest BCUT2D eigenvalue weighted by molar-refractivity contribution is 0.0945. The number of aromatic amines is 1. The van der Waals surface area contributed by atoms with E-state index in [0.717, 1.165) is 11.3 Å². The Labute approximate surface area is 108 Å². The third-order valence-corrected chi connectivity index (χ3v) is 3.50. The first-order valence-electron chi connectivity index (χ1n) is 5.60. The molecule has 18 heavy (non-hydrogen) atoms. The van der Waals surface area contributed by atoms with Gasteiger partial charge in [-0.3, -0.25) is 9.59 Å². The Hall–Kier alpha value is -1.95. The molecule has 0 spiro atoms. The van der Waals surface area contributed by atoms with E-state index in [4.69, 9.17) is 0 Å². The topological polar surface area (TPSA) is 74.8 Å². The van der Waals surface area contributed by atoms with Crippen molar-refractivity contribution in [2.45, 2.75) is 19.9 Å². The Bertz CT molecular complexity index is 583. The molecule has 0 aliphatic carbocycles. The number of carbonyl (C=O) groups is 1. The molecular weight excluding hydrogens is 250 g/mol. The van der Waals surface area contributed by atoms with Crippen LogP contribution in [0.2, 0.25) is 0 Å². The van der Waals surface area contributed by atoms with Crippen LogP contribution in [0.15, 0.2) is 28.4 Å². The lowest BCUT2D eigenvalue weighted by Gasteiger charge is -2.04. The first-order valence-corrected chi connectivity index (χ1v) is 6.48. The number of nitrogens with zero attached hydrogens (tertiary/aromatic N) is 1. The van der Waals surface area contributed by atoms with E-state index in [9.17, 15) is 9.59 Å². The van der Waals surface area contributed by atoms with Crippen LogP contribution in [0.5, 0.6) is 0 Å². The van der Waals surface area contributed by atoms with Gasteiger partial charge in [0.05, 0.1) is 6.54 Å². The number of hydrogen-bond donors (Lipinski definition) is 2. The summed E-state index contributed by atoms with van der Waals surface area (Å²) in [6, 6.07) is 4.75. The minimum atomic E-state index is -0.321. The highest BCUT2D eigenvalue weighted by molar-refractivity contribution is 7.10. The van der Waals surface area contributed by atoms with Gasteiger partial charge in [-0.05, 0) is 29.5 Å². The van der Waals surface area contributed by atoms with E-state index in [1.807, 2.05) is 5.38 Å². The minimum Gasteiger partial charge on any atom is -0.346 e. The molecule has 0 aliphatic rings. The number of hydrogen-bond acceptors (Lipinski definition) is 4. The summed E-state index contributed by atoms with van der Waals surface area (Å²) in [5.41, 5.74) is 1.14. The summed E-state index contributed by atoms with van der Waals surface area (Å²) in [6.45, 7) is 2.57. The standard InChI is InChI=1S/C12H13N3O2S/c1-2-8-5-6-18-10(8)7-13-12(17)9-3-4-11(16)15-14-9/h3-6H,2,7H2,1H3,(H,13,17)(H,15,16). The Morgan fingerprint density at radius 1 is 1.44 bits per heavy atom. The van der Waals surface area contributed by atoms with Gasteiger partial charge in [-0.2, -0.15) is 5.10 Å². The zero-order chi connectivity index (χ0) is 13.0. The van der Waals surface area contributed by atoms with E-state index in [2.05, 4.69) is 28.5 Å². The summed E-state index contributed by atoms with van der Waals surface area (Å²) >= 11 is 1.62. The summed E-state index contributed by atoms with van der Waals surface area (Å²) in [7, 11) is 0. The first kappa shape index (κ1) is 12.5. The van der Waals surface area contributed by atoms with Crippen LogP contribution in [0, 0.1) is 0 Å². The summed E-state index contributed by atoms with van der Waals surface area (Å²) in [5, 5.41) is 10.7. The molecule has 0 fully saturated rings. The molecule has 2 aromatic rings. The molecule has 94 valence electrons. The first-order chi connectivity index (χ1) is 8.70. The molecule has 0 radical (unpaired) electrons. The zero-order valence-corrected chi connectivity index (χ0v) is 10.7. The maximum Gasteiger partial charge on any atom is 0.272 e. The van der Waals surface area contributed by atoms with Crippen molar-refractivity contribution in [3.05, 3.63) is 50.1 Å². The van der Waals surface area contributed by atoms with Crippen molar-refractivity contribution in [3.63, 3.8) is 0 Å². The molecule has 2 heterocycles. The van der Waals surface area contributed by atoms with Crippen molar-refractivity contribution in [2.24, 2.45) is 0 Å². The molecule has 0 atom stereocenters. The fourth-order valence-corrected chi connectivity index (χ4v) is 2.48. The maximum atomic E-state index is 11.8. The van der Waals surface area contributed by atoms with Crippen molar-refractivity contribution < 1.29 is 4.79 Å². The van der Waals surface area contributed by atoms with E-state index in [1.165, 1.54) is 17.7 Å². The largest absolute Gasteiger partial charge is 0.346 e. The monoisotopic (exact) mass is 263 g/mol. The number of aromatic nitrogens is 2. The van der Waals surface area contributed by atoms with Gasteiger partial charge < -0.3 is 5.32 Å². The smallest absolute Gasteiger partial charge is 0.272 e. The van der Waals surface area contributed by atoms with Crippen LogP contribution in [0.3, 0.4) is 0 Å². The molecule has 1 amide bonds. The quantitative estimate of drug-likeness (QED) is 0.873. The van der Waals surface area contributed by atoms with E-state index in [1.54, 1.807) is 11.3 Å². The molecule has 0 aromatic carbocycles. The van der Waals surface area contributed by atoms with Crippen molar-refractivity contribution >= 4 is 17.2 Å². The van der Waals surface area contributed by atoms with E-state index >= 15 is 0 Å². The second-order valence-corrected chi connectivity index (χ2v) is 4.71. The highest BCUT2D eigenvalue weighted by atomic mass is 32.1. The molecule has 5 nitrogen and oxygen atoms in total. The number of H-pyrrole nitrogens is 1. The summed E-state index contributed by atoms with van der Waals surface area (Å²) in [5.74, 6) is -0.290. The van der Waals surface area contributed by atoms with E-state index < -0.39 is 0 Å². The van der Waals surface area contributed by atoms with E-state index in [0.29, 0.717) is 6.54 Å². The lowest BCUT2D eigenvalue weighted by atomic mass is 10.2. The molecule has 2 N–H and O–H groups in total. The minimum absolute atomic E-state index is 0.212. The average Bonchev–Trinajstić information content (AvgIpc) is 2.84. The van der Waals surface area contributed by atoms with Crippen LogP contribution in [-0.4, -0.2) is 16.1 Å². The highest BCUT2D eigenvalue weighted by Crippen LogP contribution is 2.16. The van der Waals surface area contributed by atoms with E-state index in [-0.39, 0.29) is 17.2 Å². The summed E-state index contributed by atoms with van der Waals surface area (Å²) in [6.07, 6.45) is 0.950. The zero-order valence-electron chi connectivity index (χ0n) is 9.90. The maximum absolute atomic E-state index is 11.8. The van der Waals surface area contributed by atoms with Gasteiger partial charge in [0.15, 0.2) is 0 Å². The molecule has 2 rings (SSSR count). The van der Waals surface area contributed by atoms with Crippen LogP contribution >= 0.6 is 11.3 Å². The number of nitrogens with one attached hydrogen (secondary N) is 2. The van der Waals surface area contributed by atoms with Gasteiger partial charge in [-0.25, -0.2) is 5.10 Å². The normalized spacial score (nSPS) is 10.3. The van der Waals surface area contributed by atoms with Crippen LogP contribution in [0.25, 0.3) is 0 Å². The molecule has 0 aliphatic heterocycles. The van der Waals surface area contributed by atoms with Crippen molar-refractivity contribution in [2.75, 3.05) is 0 Å². The Balaban J connectivity index is 2.00. The number of amides is 1. The van der Waals surface area contributed by atoms with Crippen LogP contribution in [0.1, 0.15) is 27.9 Å². The number of aryl methyl sites for hydroxylation is 1. The second kappa shape index (κ2) is 5.59. The Morgan fingerprint density at radius 3 is 2.94 bits per heavy atom. The molecular formula is C12H13N3O2S. The number of thiophene rings is 1. The van der Waals surface area contributed by atoms with Gasteiger partial charge in [0.2, 0.25) is 0 Å². The molecule has 0 saturated heterocycles. The molecule has 2 aromatic heterocycles. The van der Waals surface area contributed by atoms with Gasteiger partial charge in [0, 0.05) is 10.9 Å². The molecule has 0 saturated carbocycles. The summed E-state index contributed by atoms with van der Waals surface area (Å²) < 4.78 is 0. The predicted octanol–water partition coefficient (Wildman–Crippen LogP) is 1.32. The van der Waals surface area contributed by atoms with Gasteiger partial charge in [0.1, 0.15) is 5.69 Å². The van der Waals surface area contributed by atoms with Crippen molar-refractivity contribution in [3.8, 4) is 0 Å². The third-order valence-electron chi connectivity index (χ3n) is 2.54. The highest BCUT2D eigenvalue weighted by Gasteiger charge is 2.08.